The number of aliphatic hydroxyl groups excluding tert-OH is 2. The van der Waals surface area contributed by atoms with Crippen molar-refractivity contribution in [1.82, 2.24) is 4.57 Å². The molecule has 0 unspecified atom stereocenters. The molecule has 0 spiro atoms. The average molecular weight is 316 g/mol. The second kappa shape index (κ2) is 6.13. The zero-order valence-corrected chi connectivity index (χ0v) is 13.0. The Bertz CT molecular complexity index is 782. The van der Waals surface area contributed by atoms with E-state index in [1.165, 1.54) is 0 Å². The van der Waals surface area contributed by atoms with Crippen LogP contribution >= 0.6 is 11.6 Å². The number of aromatic nitrogens is 1. The Kier molecular flexibility index (Phi) is 4.21. The molecule has 0 saturated heterocycles. The van der Waals surface area contributed by atoms with Gasteiger partial charge in [0.25, 0.3) is 0 Å². The molecule has 0 radical (unpaired) electrons. The van der Waals surface area contributed by atoms with Crippen molar-refractivity contribution >= 4 is 22.5 Å². The van der Waals surface area contributed by atoms with Gasteiger partial charge >= 0.3 is 0 Å². The number of para-hydroxylation sites is 1. The summed E-state index contributed by atoms with van der Waals surface area (Å²) in [5.74, 6) is 0. The van der Waals surface area contributed by atoms with Gasteiger partial charge in [-0.3, -0.25) is 0 Å². The highest BCUT2D eigenvalue weighted by Gasteiger charge is 2.25. The van der Waals surface area contributed by atoms with Crippen LogP contribution in [0.25, 0.3) is 10.9 Å². The maximum Gasteiger partial charge on any atom is 0.102 e. The van der Waals surface area contributed by atoms with Crippen molar-refractivity contribution < 1.29 is 10.2 Å². The van der Waals surface area contributed by atoms with E-state index in [9.17, 15) is 10.2 Å². The maximum absolute atomic E-state index is 10.4. The van der Waals surface area contributed by atoms with E-state index in [0.717, 1.165) is 22.0 Å². The van der Waals surface area contributed by atoms with Crippen LogP contribution in [0.5, 0.6) is 0 Å². The van der Waals surface area contributed by atoms with Gasteiger partial charge in [-0.25, -0.2) is 0 Å². The Labute approximate surface area is 134 Å². The lowest BCUT2D eigenvalue weighted by Crippen LogP contribution is -2.28. The summed E-state index contributed by atoms with van der Waals surface area (Å²) in [4.78, 5) is 0. The zero-order chi connectivity index (χ0) is 15.7. The number of aryl methyl sites for hydroxylation is 1. The van der Waals surface area contributed by atoms with Crippen molar-refractivity contribution in [3.63, 3.8) is 0 Å². The SMILES string of the molecule is Cc1cn([C@@H](c2ccccc2)[C@H](O)CO)c2c(Cl)cccc12. The van der Waals surface area contributed by atoms with Crippen LogP contribution in [0.4, 0.5) is 0 Å². The largest absolute Gasteiger partial charge is 0.394 e. The van der Waals surface area contributed by atoms with Crippen molar-refractivity contribution in [2.24, 2.45) is 0 Å². The molecule has 0 aliphatic rings. The number of benzene rings is 2. The summed E-state index contributed by atoms with van der Waals surface area (Å²) >= 11 is 6.39. The summed E-state index contributed by atoms with van der Waals surface area (Å²) in [6.45, 7) is 1.70. The van der Waals surface area contributed by atoms with Gasteiger partial charge in [-0.1, -0.05) is 54.1 Å². The summed E-state index contributed by atoms with van der Waals surface area (Å²) in [6.07, 6.45) is 1.07. The van der Waals surface area contributed by atoms with Crippen LogP contribution < -0.4 is 0 Å². The molecular formula is C18H18ClNO2. The number of aliphatic hydroxyl groups is 2. The van der Waals surface area contributed by atoms with Gasteiger partial charge in [0, 0.05) is 11.6 Å². The molecule has 3 nitrogen and oxygen atoms in total. The van der Waals surface area contributed by atoms with E-state index < -0.39 is 6.10 Å². The first-order valence-electron chi connectivity index (χ1n) is 7.23. The van der Waals surface area contributed by atoms with E-state index in [1.54, 1.807) is 0 Å². The number of rotatable bonds is 4. The van der Waals surface area contributed by atoms with Crippen molar-refractivity contribution in [2.75, 3.05) is 6.61 Å². The molecule has 2 N–H and O–H groups in total. The van der Waals surface area contributed by atoms with Crippen LogP contribution in [0.1, 0.15) is 17.2 Å². The number of fused-ring (bicyclic) bond motifs is 1. The van der Waals surface area contributed by atoms with Crippen LogP contribution in [0, 0.1) is 6.92 Å². The Morgan fingerprint density at radius 2 is 1.82 bits per heavy atom. The van der Waals surface area contributed by atoms with Gasteiger partial charge in [-0.15, -0.1) is 0 Å². The van der Waals surface area contributed by atoms with Crippen LogP contribution in [0.15, 0.2) is 54.7 Å². The molecule has 0 aliphatic heterocycles. The quantitative estimate of drug-likeness (QED) is 0.773. The third kappa shape index (κ3) is 2.52. The van der Waals surface area contributed by atoms with Gasteiger partial charge in [0.05, 0.1) is 23.2 Å². The number of halogens is 1. The van der Waals surface area contributed by atoms with Gasteiger partial charge in [0.2, 0.25) is 0 Å². The average Bonchev–Trinajstić information content (AvgIpc) is 2.87. The zero-order valence-electron chi connectivity index (χ0n) is 12.3. The number of hydrogen-bond acceptors (Lipinski definition) is 2. The molecule has 3 aromatic rings. The normalized spacial score (nSPS) is 14.2. The van der Waals surface area contributed by atoms with Gasteiger partial charge < -0.3 is 14.8 Å². The highest BCUT2D eigenvalue weighted by molar-refractivity contribution is 6.35. The summed E-state index contributed by atoms with van der Waals surface area (Å²) in [6, 6.07) is 15.1. The minimum absolute atomic E-state index is 0.317. The predicted molar refractivity (Wildman–Crippen MR) is 89.4 cm³/mol. The topological polar surface area (TPSA) is 45.4 Å². The minimum atomic E-state index is -0.909. The number of nitrogens with zero attached hydrogens (tertiary/aromatic N) is 1. The van der Waals surface area contributed by atoms with Crippen molar-refractivity contribution in [3.05, 3.63) is 70.9 Å². The lowest BCUT2D eigenvalue weighted by Gasteiger charge is -2.25. The molecule has 22 heavy (non-hydrogen) atoms. The van der Waals surface area contributed by atoms with Crippen LogP contribution in [0.2, 0.25) is 5.02 Å². The van der Waals surface area contributed by atoms with Crippen molar-refractivity contribution in [2.45, 2.75) is 19.1 Å². The van der Waals surface area contributed by atoms with Crippen molar-refractivity contribution in [1.29, 1.82) is 0 Å². The molecule has 4 heteroatoms. The first-order chi connectivity index (χ1) is 10.6. The molecule has 0 bridgehead atoms. The van der Waals surface area contributed by atoms with E-state index >= 15 is 0 Å². The molecule has 2 atom stereocenters. The number of hydrogen-bond donors (Lipinski definition) is 2. The molecule has 0 saturated carbocycles. The highest BCUT2D eigenvalue weighted by Crippen LogP contribution is 2.33. The summed E-state index contributed by atoms with van der Waals surface area (Å²) in [5.41, 5.74) is 2.90. The van der Waals surface area contributed by atoms with Gasteiger partial charge in [-0.2, -0.15) is 0 Å². The van der Waals surface area contributed by atoms with Crippen LogP contribution in [-0.4, -0.2) is 27.5 Å². The Morgan fingerprint density at radius 1 is 1.09 bits per heavy atom. The van der Waals surface area contributed by atoms with Gasteiger partial charge in [0.15, 0.2) is 0 Å². The van der Waals surface area contributed by atoms with Gasteiger partial charge in [-0.05, 0) is 24.1 Å². The fraction of sp³-hybridized carbons (Fsp3) is 0.222. The van der Waals surface area contributed by atoms with E-state index in [0.29, 0.717) is 5.02 Å². The molecular weight excluding hydrogens is 298 g/mol. The van der Waals surface area contributed by atoms with Gasteiger partial charge in [0.1, 0.15) is 6.10 Å². The molecule has 3 rings (SSSR count). The monoisotopic (exact) mass is 315 g/mol. The van der Waals surface area contributed by atoms with E-state index in [-0.39, 0.29) is 12.6 Å². The molecule has 1 heterocycles. The van der Waals surface area contributed by atoms with Crippen molar-refractivity contribution in [3.8, 4) is 0 Å². The Morgan fingerprint density at radius 3 is 2.50 bits per heavy atom. The van der Waals surface area contributed by atoms with Crippen LogP contribution in [0.3, 0.4) is 0 Å². The summed E-state index contributed by atoms with van der Waals surface area (Å²) in [7, 11) is 0. The highest BCUT2D eigenvalue weighted by atomic mass is 35.5. The predicted octanol–water partition coefficient (Wildman–Crippen LogP) is 3.55. The molecule has 1 aromatic heterocycles. The Hall–Kier alpha value is -1.81. The fourth-order valence-corrected chi connectivity index (χ4v) is 3.25. The van der Waals surface area contributed by atoms with Crippen LogP contribution in [-0.2, 0) is 0 Å². The molecule has 0 aliphatic carbocycles. The molecule has 2 aromatic carbocycles. The molecule has 114 valence electrons. The second-order valence-corrected chi connectivity index (χ2v) is 5.87. The van der Waals surface area contributed by atoms with E-state index in [2.05, 4.69) is 0 Å². The maximum atomic E-state index is 10.4. The van der Waals surface area contributed by atoms with E-state index in [1.807, 2.05) is 66.2 Å². The summed E-state index contributed by atoms with van der Waals surface area (Å²) < 4.78 is 1.96. The Balaban J connectivity index is 2.25. The standard InChI is InChI=1S/C18H18ClNO2/c1-12-10-20(18-14(12)8-5-9-15(18)19)17(16(22)11-21)13-6-3-2-4-7-13/h2-10,16-17,21-22H,11H2,1H3/t16-,17+/m1/s1. The first kappa shape index (κ1) is 15.1. The third-order valence-corrected chi connectivity index (χ3v) is 4.30. The third-order valence-electron chi connectivity index (χ3n) is 3.99. The first-order valence-corrected chi connectivity index (χ1v) is 7.61. The molecule has 0 fully saturated rings. The smallest absolute Gasteiger partial charge is 0.102 e. The second-order valence-electron chi connectivity index (χ2n) is 5.46. The summed E-state index contributed by atoms with van der Waals surface area (Å²) in [5, 5.41) is 21.5. The minimum Gasteiger partial charge on any atom is -0.394 e. The fourth-order valence-electron chi connectivity index (χ4n) is 2.98. The van der Waals surface area contributed by atoms with E-state index in [4.69, 9.17) is 11.6 Å². The lowest BCUT2D eigenvalue weighted by atomic mass is 10.0. The molecule has 0 amide bonds. The lowest BCUT2D eigenvalue weighted by molar-refractivity contribution is 0.0653.